The van der Waals surface area contributed by atoms with Gasteiger partial charge in [0.15, 0.2) is 17.1 Å². The number of benzene rings is 2. The van der Waals surface area contributed by atoms with Crippen molar-refractivity contribution in [1.82, 2.24) is 24.4 Å². The normalized spacial score (nSPS) is 12.4. The highest BCUT2D eigenvalue weighted by Gasteiger charge is 2.14. The topological polar surface area (TPSA) is 78.5 Å². The molecule has 2 aromatic carbocycles. The highest BCUT2D eigenvalue weighted by atomic mass is 16.7. The van der Waals surface area contributed by atoms with Gasteiger partial charge in [0, 0.05) is 30.1 Å². The van der Waals surface area contributed by atoms with Crippen LogP contribution in [0.5, 0.6) is 11.5 Å². The molecule has 0 fully saturated rings. The van der Waals surface area contributed by atoms with E-state index in [2.05, 4.69) is 27.6 Å². The van der Waals surface area contributed by atoms with Gasteiger partial charge in [-0.15, -0.1) is 0 Å². The number of ether oxygens (including phenoxy) is 2. The summed E-state index contributed by atoms with van der Waals surface area (Å²) >= 11 is 0. The first kappa shape index (κ1) is 18.4. The van der Waals surface area contributed by atoms with Crippen LogP contribution in [0.3, 0.4) is 0 Å². The van der Waals surface area contributed by atoms with Crippen molar-refractivity contribution < 1.29 is 9.47 Å². The highest BCUT2D eigenvalue weighted by Crippen LogP contribution is 2.32. The molecule has 0 spiro atoms. The Labute approximate surface area is 184 Å². The Balaban J connectivity index is 1.22. The first-order valence-electron chi connectivity index (χ1n) is 10.4. The van der Waals surface area contributed by atoms with Crippen LogP contribution in [0.1, 0.15) is 11.1 Å². The Morgan fingerprint density at radius 3 is 2.75 bits per heavy atom. The first-order valence-corrected chi connectivity index (χ1v) is 10.4. The lowest BCUT2D eigenvalue weighted by Crippen LogP contribution is -2.03. The maximum Gasteiger partial charge on any atom is 0.231 e. The molecule has 0 amide bonds. The van der Waals surface area contributed by atoms with Gasteiger partial charge < -0.3 is 14.8 Å². The predicted molar refractivity (Wildman–Crippen MR) is 120 cm³/mol. The summed E-state index contributed by atoms with van der Waals surface area (Å²) in [6.07, 6.45) is 7.61. The summed E-state index contributed by atoms with van der Waals surface area (Å²) in [6.45, 7) is 1.62. The van der Waals surface area contributed by atoms with Crippen LogP contribution in [-0.4, -0.2) is 31.2 Å². The number of hydrogen-bond acceptors (Lipinski definition) is 6. The standard InChI is InChI=1S/C24H20N6O2/c1-2-4-17(5-3-1)14-29-15-19(12-26-29)20-13-27-30-9-8-23(28-24(20)30)25-11-18-6-7-21-22(10-18)32-16-31-21/h1-10,12-13,15H,11,14,16H2,(H,25,28). The molecule has 0 saturated heterocycles. The van der Waals surface area contributed by atoms with E-state index in [1.165, 1.54) is 5.56 Å². The second kappa shape index (κ2) is 7.73. The van der Waals surface area contributed by atoms with Crippen LogP contribution in [0.15, 0.2) is 79.4 Å². The minimum absolute atomic E-state index is 0.274. The fourth-order valence-electron chi connectivity index (χ4n) is 3.77. The minimum Gasteiger partial charge on any atom is -0.454 e. The molecule has 0 aliphatic carbocycles. The van der Waals surface area contributed by atoms with Gasteiger partial charge in [-0.3, -0.25) is 4.68 Å². The van der Waals surface area contributed by atoms with Crippen molar-refractivity contribution in [2.24, 2.45) is 0 Å². The molecule has 1 aliphatic heterocycles. The third kappa shape index (κ3) is 3.51. The summed E-state index contributed by atoms with van der Waals surface area (Å²) in [6, 6.07) is 18.1. The van der Waals surface area contributed by atoms with Gasteiger partial charge >= 0.3 is 0 Å². The lowest BCUT2D eigenvalue weighted by Gasteiger charge is -2.07. The maximum atomic E-state index is 5.46. The van der Waals surface area contributed by atoms with E-state index in [9.17, 15) is 0 Å². The van der Waals surface area contributed by atoms with Gasteiger partial charge in [-0.25, -0.2) is 9.50 Å². The molecule has 0 unspecified atom stereocenters. The zero-order valence-corrected chi connectivity index (χ0v) is 17.2. The number of nitrogens with zero attached hydrogens (tertiary/aromatic N) is 5. The number of fused-ring (bicyclic) bond motifs is 2. The molecular weight excluding hydrogens is 404 g/mol. The van der Waals surface area contributed by atoms with Crippen molar-refractivity contribution in [2.45, 2.75) is 13.1 Å². The fraction of sp³-hybridized carbons (Fsp3) is 0.125. The van der Waals surface area contributed by atoms with Crippen molar-refractivity contribution in [3.05, 3.63) is 90.5 Å². The molecule has 8 heteroatoms. The molecule has 6 rings (SSSR count). The minimum atomic E-state index is 0.274. The van der Waals surface area contributed by atoms with E-state index in [4.69, 9.17) is 14.5 Å². The summed E-state index contributed by atoms with van der Waals surface area (Å²) < 4.78 is 14.5. The van der Waals surface area contributed by atoms with E-state index in [-0.39, 0.29) is 6.79 Å². The van der Waals surface area contributed by atoms with Gasteiger partial charge in [-0.05, 0) is 29.3 Å². The summed E-state index contributed by atoms with van der Waals surface area (Å²) in [5.41, 5.74) is 4.99. The highest BCUT2D eigenvalue weighted by molar-refractivity contribution is 5.76. The smallest absolute Gasteiger partial charge is 0.231 e. The molecular formula is C24H20N6O2. The molecule has 3 aromatic heterocycles. The van der Waals surface area contributed by atoms with Crippen molar-refractivity contribution in [1.29, 1.82) is 0 Å². The monoisotopic (exact) mass is 424 g/mol. The fourth-order valence-corrected chi connectivity index (χ4v) is 3.77. The number of nitrogens with one attached hydrogen (secondary N) is 1. The molecule has 4 heterocycles. The SMILES string of the molecule is c1ccc(Cn2cc(-c3cnn4ccc(NCc5ccc6c(c5)OCO6)nc34)cn2)cc1. The van der Waals surface area contributed by atoms with Crippen molar-refractivity contribution in [3.63, 3.8) is 0 Å². The molecule has 5 aromatic rings. The van der Waals surface area contributed by atoms with E-state index < -0.39 is 0 Å². The van der Waals surface area contributed by atoms with Crippen LogP contribution < -0.4 is 14.8 Å². The van der Waals surface area contributed by atoms with Crippen LogP contribution in [-0.2, 0) is 13.1 Å². The Bertz CT molecular complexity index is 1390. The maximum absolute atomic E-state index is 5.46. The molecule has 0 radical (unpaired) electrons. The number of hydrogen-bond donors (Lipinski definition) is 1. The van der Waals surface area contributed by atoms with Crippen molar-refractivity contribution >= 4 is 11.5 Å². The predicted octanol–water partition coefficient (Wildman–Crippen LogP) is 3.98. The van der Waals surface area contributed by atoms with Crippen LogP contribution in [0, 0.1) is 0 Å². The summed E-state index contributed by atoms with van der Waals surface area (Å²) in [7, 11) is 0. The van der Waals surface area contributed by atoms with E-state index in [1.54, 1.807) is 4.52 Å². The Morgan fingerprint density at radius 2 is 1.81 bits per heavy atom. The molecule has 0 saturated carbocycles. The van der Waals surface area contributed by atoms with Crippen molar-refractivity contribution in [3.8, 4) is 22.6 Å². The molecule has 0 atom stereocenters. The number of anilines is 1. The van der Waals surface area contributed by atoms with Gasteiger partial charge in [0.25, 0.3) is 0 Å². The Hall–Kier alpha value is -4.33. The molecule has 1 aliphatic rings. The quantitative estimate of drug-likeness (QED) is 0.444. The average Bonchev–Trinajstić information content (AvgIpc) is 3.57. The van der Waals surface area contributed by atoms with E-state index in [1.807, 2.05) is 71.9 Å². The van der Waals surface area contributed by atoms with Gasteiger partial charge in [-0.2, -0.15) is 10.2 Å². The lowest BCUT2D eigenvalue weighted by atomic mass is 10.2. The Morgan fingerprint density at radius 1 is 0.906 bits per heavy atom. The molecule has 158 valence electrons. The third-order valence-corrected chi connectivity index (χ3v) is 5.41. The van der Waals surface area contributed by atoms with Gasteiger partial charge in [0.05, 0.1) is 18.9 Å². The molecule has 0 bridgehead atoms. The van der Waals surface area contributed by atoms with E-state index >= 15 is 0 Å². The molecule has 1 N–H and O–H groups in total. The average molecular weight is 424 g/mol. The molecule has 8 nitrogen and oxygen atoms in total. The first-order chi connectivity index (χ1) is 15.8. The lowest BCUT2D eigenvalue weighted by molar-refractivity contribution is 0.174. The number of rotatable bonds is 6. The van der Waals surface area contributed by atoms with Crippen molar-refractivity contribution in [2.75, 3.05) is 12.1 Å². The zero-order chi connectivity index (χ0) is 21.3. The van der Waals surface area contributed by atoms with Gasteiger partial charge in [0.2, 0.25) is 6.79 Å². The van der Waals surface area contributed by atoms with Gasteiger partial charge in [-0.1, -0.05) is 36.4 Å². The zero-order valence-electron chi connectivity index (χ0n) is 17.2. The second-order valence-corrected chi connectivity index (χ2v) is 7.59. The van der Waals surface area contributed by atoms with Crippen LogP contribution >= 0.6 is 0 Å². The summed E-state index contributed by atoms with van der Waals surface area (Å²) in [5.74, 6) is 2.33. The van der Waals surface area contributed by atoms with E-state index in [0.717, 1.165) is 46.2 Å². The number of aromatic nitrogens is 5. The Kier molecular flexibility index (Phi) is 4.46. The second-order valence-electron chi connectivity index (χ2n) is 7.59. The van der Waals surface area contributed by atoms with Gasteiger partial charge in [0.1, 0.15) is 5.82 Å². The van der Waals surface area contributed by atoms with Crippen LogP contribution in [0.4, 0.5) is 5.82 Å². The van der Waals surface area contributed by atoms with Crippen LogP contribution in [0.25, 0.3) is 16.8 Å². The molecule has 32 heavy (non-hydrogen) atoms. The third-order valence-electron chi connectivity index (χ3n) is 5.41. The van der Waals surface area contributed by atoms with Crippen LogP contribution in [0.2, 0.25) is 0 Å². The van der Waals surface area contributed by atoms with E-state index in [0.29, 0.717) is 6.54 Å². The summed E-state index contributed by atoms with van der Waals surface area (Å²) in [5, 5.41) is 12.3. The summed E-state index contributed by atoms with van der Waals surface area (Å²) in [4.78, 5) is 4.79. The largest absolute Gasteiger partial charge is 0.454 e.